The zero-order valence-corrected chi connectivity index (χ0v) is 21.0. The van der Waals surface area contributed by atoms with Gasteiger partial charge in [-0.05, 0) is 42.5 Å². The standard InChI is InChI=1S/C24H33N3O3.HI/c1-18-7-8-21(23(13-18)28-3)16-27-24(25-2)26-15-19-5-4-6-20(14-19)17-30-22-9-11-29-12-10-22;/h4-8,13-14,22H,9-12,15-17H2,1-3H3,(H2,25,26,27);1H. The molecule has 170 valence electrons. The monoisotopic (exact) mass is 539 g/mol. The molecule has 1 aliphatic rings. The van der Waals surface area contributed by atoms with Crippen molar-refractivity contribution >= 4 is 29.9 Å². The third-order valence-corrected chi connectivity index (χ3v) is 5.22. The van der Waals surface area contributed by atoms with Crippen LogP contribution >= 0.6 is 24.0 Å². The number of ether oxygens (including phenoxy) is 3. The number of nitrogens with one attached hydrogen (secondary N) is 2. The SMILES string of the molecule is CN=C(NCc1cccc(COC2CCOCC2)c1)NCc1ccc(C)cc1OC.I. The maximum atomic E-state index is 6.04. The van der Waals surface area contributed by atoms with Crippen molar-refractivity contribution in [2.24, 2.45) is 4.99 Å². The Morgan fingerprint density at radius 2 is 1.81 bits per heavy atom. The van der Waals surface area contributed by atoms with E-state index in [1.807, 2.05) is 6.07 Å². The number of hydrogen-bond donors (Lipinski definition) is 2. The molecule has 1 heterocycles. The molecule has 1 fully saturated rings. The van der Waals surface area contributed by atoms with Crippen LogP contribution in [0.4, 0.5) is 0 Å². The zero-order chi connectivity index (χ0) is 21.2. The van der Waals surface area contributed by atoms with E-state index in [0.717, 1.165) is 43.3 Å². The predicted octanol–water partition coefficient (Wildman–Crippen LogP) is 4.18. The highest BCUT2D eigenvalue weighted by atomic mass is 127. The second-order valence-corrected chi connectivity index (χ2v) is 7.54. The van der Waals surface area contributed by atoms with E-state index in [2.05, 4.69) is 58.9 Å². The third kappa shape index (κ3) is 8.31. The summed E-state index contributed by atoms with van der Waals surface area (Å²) in [6.07, 6.45) is 2.27. The second-order valence-electron chi connectivity index (χ2n) is 7.54. The van der Waals surface area contributed by atoms with Gasteiger partial charge in [-0.3, -0.25) is 4.99 Å². The van der Waals surface area contributed by atoms with E-state index >= 15 is 0 Å². The number of aryl methyl sites for hydroxylation is 1. The molecule has 0 amide bonds. The molecule has 7 heteroatoms. The summed E-state index contributed by atoms with van der Waals surface area (Å²) in [5.41, 5.74) is 4.66. The molecule has 0 aliphatic carbocycles. The molecule has 0 spiro atoms. The highest BCUT2D eigenvalue weighted by Gasteiger charge is 2.14. The lowest BCUT2D eigenvalue weighted by molar-refractivity contribution is -0.0390. The number of nitrogens with zero attached hydrogens (tertiary/aromatic N) is 1. The van der Waals surface area contributed by atoms with E-state index in [4.69, 9.17) is 14.2 Å². The summed E-state index contributed by atoms with van der Waals surface area (Å²) in [7, 11) is 3.48. The number of aliphatic imine (C=N–C) groups is 1. The van der Waals surface area contributed by atoms with Crippen LogP contribution in [0.15, 0.2) is 47.5 Å². The first-order valence-corrected chi connectivity index (χ1v) is 10.5. The number of benzene rings is 2. The fourth-order valence-electron chi connectivity index (χ4n) is 3.47. The summed E-state index contributed by atoms with van der Waals surface area (Å²) < 4.78 is 16.9. The molecule has 31 heavy (non-hydrogen) atoms. The van der Waals surface area contributed by atoms with Crippen LogP contribution < -0.4 is 15.4 Å². The summed E-state index contributed by atoms with van der Waals surface area (Å²) in [6, 6.07) is 14.7. The number of guanidine groups is 1. The van der Waals surface area contributed by atoms with Crippen LogP contribution in [0.3, 0.4) is 0 Å². The van der Waals surface area contributed by atoms with Crippen LogP contribution in [0.1, 0.15) is 35.1 Å². The molecule has 2 aromatic rings. The first-order chi connectivity index (χ1) is 14.7. The van der Waals surface area contributed by atoms with Gasteiger partial charge in [0.1, 0.15) is 5.75 Å². The predicted molar refractivity (Wildman–Crippen MR) is 135 cm³/mol. The average Bonchev–Trinajstić information content (AvgIpc) is 2.79. The van der Waals surface area contributed by atoms with Crippen LogP contribution in [0.5, 0.6) is 5.75 Å². The minimum Gasteiger partial charge on any atom is -0.496 e. The number of methoxy groups -OCH3 is 1. The molecular formula is C24H34IN3O3. The van der Waals surface area contributed by atoms with E-state index in [1.54, 1.807) is 14.2 Å². The fourth-order valence-corrected chi connectivity index (χ4v) is 3.47. The fraction of sp³-hybridized carbons (Fsp3) is 0.458. The van der Waals surface area contributed by atoms with Crippen molar-refractivity contribution < 1.29 is 14.2 Å². The normalized spacial score (nSPS) is 14.6. The van der Waals surface area contributed by atoms with Crippen molar-refractivity contribution in [3.05, 3.63) is 64.7 Å². The molecule has 6 nitrogen and oxygen atoms in total. The molecule has 2 aromatic carbocycles. The molecule has 0 unspecified atom stereocenters. The van der Waals surface area contributed by atoms with Gasteiger partial charge in [-0.1, -0.05) is 36.4 Å². The van der Waals surface area contributed by atoms with E-state index in [9.17, 15) is 0 Å². The Morgan fingerprint density at radius 3 is 2.55 bits per heavy atom. The van der Waals surface area contributed by atoms with Gasteiger partial charge in [-0.25, -0.2) is 0 Å². The number of halogens is 1. The van der Waals surface area contributed by atoms with Crippen molar-refractivity contribution in [2.45, 2.75) is 45.6 Å². The van der Waals surface area contributed by atoms with Gasteiger partial charge in [0.2, 0.25) is 0 Å². The van der Waals surface area contributed by atoms with Crippen molar-refractivity contribution in [1.29, 1.82) is 0 Å². The smallest absolute Gasteiger partial charge is 0.191 e. The van der Waals surface area contributed by atoms with E-state index < -0.39 is 0 Å². The zero-order valence-electron chi connectivity index (χ0n) is 18.6. The van der Waals surface area contributed by atoms with Gasteiger partial charge in [-0.15, -0.1) is 24.0 Å². The lowest BCUT2D eigenvalue weighted by atomic mass is 10.1. The van der Waals surface area contributed by atoms with Crippen molar-refractivity contribution in [3.63, 3.8) is 0 Å². The van der Waals surface area contributed by atoms with Crippen LogP contribution in [0, 0.1) is 6.92 Å². The van der Waals surface area contributed by atoms with Crippen molar-refractivity contribution in [3.8, 4) is 5.75 Å². The lowest BCUT2D eigenvalue weighted by Gasteiger charge is -2.22. The Balaban J connectivity index is 0.00000341. The van der Waals surface area contributed by atoms with Gasteiger partial charge >= 0.3 is 0 Å². The van der Waals surface area contributed by atoms with Crippen LogP contribution in [0.2, 0.25) is 0 Å². The van der Waals surface area contributed by atoms with E-state index in [0.29, 0.717) is 25.8 Å². The quantitative estimate of drug-likeness (QED) is 0.300. The van der Waals surface area contributed by atoms with Gasteiger partial charge in [-0.2, -0.15) is 0 Å². The highest BCUT2D eigenvalue weighted by Crippen LogP contribution is 2.19. The molecule has 0 bridgehead atoms. The minimum absolute atomic E-state index is 0. The van der Waals surface area contributed by atoms with Crippen LogP contribution in [0.25, 0.3) is 0 Å². The van der Waals surface area contributed by atoms with Gasteiger partial charge in [0, 0.05) is 38.9 Å². The highest BCUT2D eigenvalue weighted by molar-refractivity contribution is 14.0. The van der Waals surface area contributed by atoms with E-state index in [1.165, 1.54) is 16.7 Å². The molecule has 2 N–H and O–H groups in total. The van der Waals surface area contributed by atoms with Crippen LogP contribution in [-0.4, -0.2) is 39.4 Å². The molecule has 0 saturated carbocycles. The first-order valence-electron chi connectivity index (χ1n) is 10.5. The average molecular weight is 539 g/mol. The lowest BCUT2D eigenvalue weighted by Crippen LogP contribution is -2.36. The summed E-state index contributed by atoms with van der Waals surface area (Å²) in [4.78, 5) is 4.33. The minimum atomic E-state index is 0. The second kappa shape index (κ2) is 13.5. The Labute approximate surface area is 202 Å². The van der Waals surface area contributed by atoms with Crippen LogP contribution in [-0.2, 0) is 29.2 Å². The Hall–Kier alpha value is -1.84. The molecule has 0 aromatic heterocycles. The van der Waals surface area contributed by atoms with E-state index in [-0.39, 0.29) is 24.0 Å². The third-order valence-electron chi connectivity index (χ3n) is 5.22. The molecule has 0 radical (unpaired) electrons. The van der Waals surface area contributed by atoms with Gasteiger partial charge in [0.15, 0.2) is 5.96 Å². The molecule has 0 atom stereocenters. The topological polar surface area (TPSA) is 64.1 Å². The maximum Gasteiger partial charge on any atom is 0.191 e. The molecule has 1 aliphatic heterocycles. The maximum absolute atomic E-state index is 6.04. The van der Waals surface area contributed by atoms with Gasteiger partial charge in [0.05, 0.1) is 19.8 Å². The first kappa shape index (κ1) is 25.4. The summed E-state index contributed by atoms with van der Waals surface area (Å²) in [6.45, 7) is 5.63. The number of hydrogen-bond acceptors (Lipinski definition) is 4. The molecule has 3 rings (SSSR count). The summed E-state index contributed by atoms with van der Waals surface area (Å²) >= 11 is 0. The van der Waals surface area contributed by atoms with Crippen molar-refractivity contribution in [2.75, 3.05) is 27.4 Å². The summed E-state index contributed by atoms with van der Waals surface area (Å²) in [5.74, 6) is 1.64. The van der Waals surface area contributed by atoms with Gasteiger partial charge in [0.25, 0.3) is 0 Å². The Morgan fingerprint density at radius 1 is 1.06 bits per heavy atom. The summed E-state index contributed by atoms with van der Waals surface area (Å²) in [5, 5.41) is 6.73. The molecular weight excluding hydrogens is 505 g/mol. The Bertz CT molecular complexity index is 839. The Kier molecular flexibility index (Phi) is 11.1. The van der Waals surface area contributed by atoms with Gasteiger partial charge < -0.3 is 24.8 Å². The largest absolute Gasteiger partial charge is 0.496 e. The van der Waals surface area contributed by atoms with Crippen molar-refractivity contribution in [1.82, 2.24) is 10.6 Å². The number of rotatable bonds is 8. The molecule has 1 saturated heterocycles.